The largest absolute Gasteiger partial charge is 0.338 e. The fourth-order valence-corrected chi connectivity index (χ4v) is 2.69. The van der Waals surface area contributed by atoms with Gasteiger partial charge in [-0.1, -0.05) is 25.1 Å². The lowest BCUT2D eigenvalue weighted by atomic mass is 10.1. The average Bonchev–Trinajstić information content (AvgIpc) is 2.89. The highest BCUT2D eigenvalue weighted by Crippen LogP contribution is 2.18. The van der Waals surface area contributed by atoms with E-state index in [4.69, 9.17) is 0 Å². The summed E-state index contributed by atoms with van der Waals surface area (Å²) in [6.07, 6.45) is 2.99. The van der Waals surface area contributed by atoms with E-state index in [1.54, 1.807) is 0 Å². The third-order valence-corrected chi connectivity index (χ3v) is 3.86. The zero-order valence-corrected chi connectivity index (χ0v) is 13.0. The second-order valence-electron chi connectivity index (χ2n) is 5.61. The Morgan fingerprint density at radius 1 is 1.14 bits per heavy atom. The van der Waals surface area contributed by atoms with Crippen molar-refractivity contribution in [1.29, 1.82) is 0 Å². The van der Waals surface area contributed by atoms with Crippen molar-refractivity contribution < 1.29 is 4.79 Å². The average molecular weight is 292 g/mol. The quantitative estimate of drug-likeness (QED) is 0.770. The Balaban J connectivity index is 1.76. The third-order valence-electron chi connectivity index (χ3n) is 3.86. The fraction of sp³-hybridized carbons (Fsp3) is 0.211. The van der Waals surface area contributed by atoms with Gasteiger partial charge in [-0.25, -0.2) is 0 Å². The van der Waals surface area contributed by atoms with Crippen molar-refractivity contribution in [3.8, 4) is 0 Å². The van der Waals surface area contributed by atoms with Crippen LogP contribution in [0.15, 0.2) is 54.7 Å². The summed E-state index contributed by atoms with van der Waals surface area (Å²) in [6.45, 7) is 4.48. The van der Waals surface area contributed by atoms with E-state index in [-0.39, 0.29) is 5.91 Å². The molecule has 0 aliphatic rings. The van der Waals surface area contributed by atoms with E-state index in [9.17, 15) is 4.79 Å². The summed E-state index contributed by atoms with van der Waals surface area (Å²) in [6, 6.07) is 16.3. The van der Waals surface area contributed by atoms with Crippen molar-refractivity contribution in [3.05, 3.63) is 65.9 Å². The molecule has 2 aromatic carbocycles. The molecule has 0 saturated heterocycles. The summed E-state index contributed by atoms with van der Waals surface area (Å²) < 4.78 is 1.99. The Kier molecular flexibility index (Phi) is 3.96. The predicted molar refractivity (Wildman–Crippen MR) is 91.1 cm³/mol. The minimum absolute atomic E-state index is 0.0114. The maximum atomic E-state index is 12.2. The molecule has 0 aliphatic carbocycles. The number of aryl methyl sites for hydroxylation is 2. The fourth-order valence-electron chi connectivity index (χ4n) is 2.69. The summed E-state index contributed by atoms with van der Waals surface area (Å²) in [5, 5.41) is 4.13. The molecule has 3 nitrogen and oxygen atoms in total. The molecular formula is C19H20N2O. The SMILES string of the molecule is CCc1ccc2c(ccn2CC(=O)Nc2cccc(C)c2)c1. The molecule has 0 saturated carbocycles. The van der Waals surface area contributed by atoms with E-state index >= 15 is 0 Å². The lowest BCUT2D eigenvalue weighted by molar-refractivity contribution is -0.116. The van der Waals surface area contributed by atoms with Gasteiger partial charge in [0.15, 0.2) is 0 Å². The zero-order chi connectivity index (χ0) is 15.5. The van der Waals surface area contributed by atoms with Crippen LogP contribution in [0, 0.1) is 6.92 Å². The minimum atomic E-state index is -0.0114. The molecular weight excluding hydrogens is 272 g/mol. The molecule has 3 rings (SSSR count). The Labute approximate surface area is 130 Å². The van der Waals surface area contributed by atoms with E-state index in [0.717, 1.165) is 23.2 Å². The number of aromatic nitrogens is 1. The maximum Gasteiger partial charge on any atom is 0.244 e. The molecule has 1 N–H and O–H groups in total. The van der Waals surface area contributed by atoms with Crippen LogP contribution in [-0.4, -0.2) is 10.5 Å². The van der Waals surface area contributed by atoms with Crippen LogP contribution >= 0.6 is 0 Å². The first-order valence-corrected chi connectivity index (χ1v) is 7.60. The van der Waals surface area contributed by atoms with Gasteiger partial charge in [-0.2, -0.15) is 0 Å². The number of hydrogen-bond donors (Lipinski definition) is 1. The Morgan fingerprint density at radius 2 is 2.00 bits per heavy atom. The van der Waals surface area contributed by atoms with E-state index < -0.39 is 0 Å². The van der Waals surface area contributed by atoms with Crippen molar-refractivity contribution in [2.75, 3.05) is 5.32 Å². The summed E-state index contributed by atoms with van der Waals surface area (Å²) in [5.41, 5.74) is 4.39. The van der Waals surface area contributed by atoms with Gasteiger partial charge in [0.1, 0.15) is 6.54 Å². The van der Waals surface area contributed by atoms with E-state index in [2.05, 4.69) is 36.5 Å². The van der Waals surface area contributed by atoms with Crippen LogP contribution in [0.1, 0.15) is 18.1 Å². The van der Waals surface area contributed by atoms with Crippen LogP contribution in [-0.2, 0) is 17.8 Å². The highest BCUT2D eigenvalue weighted by atomic mass is 16.1. The van der Waals surface area contributed by atoms with Gasteiger partial charge in [0.2, 0.25) is 5.91 Å². The van der Waals surface area contributed by atoms with Crippen LogP contribution in [0.5, 0.6) is 0 Å². The third kappa shape index (κ3) is 3.03. The number of anilines is 1. The van der Waals surface area contributed by atoms with Crippen molar-refractivity contribution >= 4 is 22.5 Å². The van der Waals surface area contributed by atoms with E-state index in [0.29, 0.717) is 6.54 Å². The Morgan fingerprint density at radius 3 is 2.77 bits per heavy atom. The molecule has 0 radical (unpaired) electrons. The first-order valence-electron chi connectivity index (χ1n) is 7.60. The molecule has 1 heterocycles. The van der Waals surface area contributed by atoms with Crippen molar-refractivity contribution in [1.82, 2.24) is 4.57 Å². The number of carbonyl (C=O) groups excluding carboxylic acids is 1. The molecule has 3 aromatic rings. The van der Waals surface area contributed by atoms with Crippen LogP contribution in [0.2, 0.25) is 0 Å². The van der Waals surface area contributed by atoms with Gasteiger partial charge >= 0.3 is 0 Å². The highest BCUT2D eigenvalue weighted by molar-refractivity contribution is 5.92. The molecule has 0 atom stereocenters. The van der Waals surface area contributed by atoms with Gasteiger partial charge < -0.3 is 9.88 Å². The second kappa shape index (κ2) is 6.06. The number of amides is 1. The molecule has 0 fully saturated rings. The predicted octanol–water partition coefficient (Wildman–Crippen LogP) is 4.15. The number of nitrogens with one attached hydrogen (secondary N) is 1. The van der Waals surface area contributed by atoms with Gasteiger partial charge in [0.25, 0.3) is 0 Å². The molecule has 112 valence electrons. The standard InChI is InChI=1S/C19H20N2O/c1-3-15-7-8-18-16(12-15)9-10-21(18)13-19(22)20-17-6-4-5-14(2)11-17/h4-12H,3,13H2,1-2H3,(H,20,22). The zero-order valence-electron chi connectivity index (χ0n) is 13.0. The monoisotopic (exact) mass is 292 g/mol. The number of hydrogen-bond acceptors (Lipinski definition) is 1. The lowest BCUT2D eigenvalue weighted by Gasteiger charge is -2.08. The number of nitrogens with zero attached hydrogens (tertiary/aromatic N) is 1. The molecule has 0 aliphatic heterocycles. The van der Waals surface area contributed by atoms with E-state index in [1.807, 2.05) is 42.0 Å². The van der Waals surface area contributed by atoms with Crippen LogP contribution in [0.4, 0.5) is 5.69 Å². The van der Waals surface area contributed by atoms with E-state index in [1.165, 1.54) is 10.9 Å². The second-order valence-corrected chi connectivity index (χ2v) is 5.61. The number of fused-ring (bicyclic) bond motifs is 1. The molecule has 22 heavy (non-hydrogen) atoms. The summed E-state index contributed by atoms with van der Waals surface area (Å²) >= 11 is 0. The highest BCUT2D eigenvalue weighted by Gasteiger charge is 2.07. The molecule has 1 aromatic heterocycles. The molecule has 0 spiro atoms. The molecule has 0 unspecified atom stereocenters. The van der Waals surface area contributed by atoms with Gasteiger partial charge in [-0.3, -0.25) is 4.79 Å². The first kappa shape index (κ1) is 14.4. The summed E-state index contributed by atoms with van der Waals surface area (Å²) in [4.78, 5) is 12.2. The van der Waals surface area contributed by atoms with Crippen LogP contribution in [0.25, 0.3) is 10.9 Å². The Hall–Kier alpha value is -2.55. The summed E-state index contributed by atoms with van der Waals surface area (Å²) in [7, 11) is 0. The molecule has 3 heteroatoms. The smallest absolute Gasteiger partial charge is 0.244 e. The topological polar surface area (TPSA) is 34.0 Å². The number of rotatable bonds is 4. The van der Waals surface area contributed by atoms with Crippen LogP contribution in [0.3, 0.4) is 0 Å². The normalized spacial score (nSPS) is 10.8. The van der Waals surface area contributed by atoms with Crippen molar-refractivity contribution in [2.45, 2.75) is 26.8 Å². The van der Waals surface area contributed by atoms with Crippen molar-refractivity contribution in [2.24, 2.45) is 0 Å². The maximum absolute atomic E-state index is 12.2. The van der Waals surface area contributed by atoms with Gasteiger partial charge in [0, 0.05) is 17.4 Å². The first-order chi connectivity index (χ1) is 10.7. The summed E-state index contributed by atoms with van der Waals surface area (Å²) in [5.74, 6) is -0.0114. The van der Waals surface area contributed by atoms with Gasteiger partial charge in [0.05, 0.1) is 0 Å². The Bertz CT molecular complexity index is 817. The van der Waals surface area contributed by atoms with Gasteiger partial charge in [-0.05, 0) is 60.2 Å². The van der Waals surface area contributed by atoms with Crippen molar-refractivity contribution in [3.63, 3.8) is 0 Å². The molecule has 0 bridgehead atoms. The van der Waals surface area contributed by atoms with Gasteiger partial charge in [-0.15, -0.1) is 0 Å². The van der Waals surface area contributed by atoms with Crippen LogP contribution < -0.4 is 5.32 Å². The number of benzene rings is 2. The number of carbonyl (C=O) groups is 1. The minimum Gasteiger partial charge on any atom is -0.338 e. The molecule has 1 amide bonds. The lowest BCUT2D eigenvalue weighted by Crippen LogP contribution is -2.18.